The number of aliphatic hydroxyl groups is 1. The highest BCUT2D eigenvalue weighted by Gasteiger charge is 2.27. The quantitative estimate of drug-likeness (QED) is 0.758. The molecule has 156 valence electrons. The number of hydrogen-bond acceptors (Lipinski definition) is 5. The van der Waals surface area contributed by atoms with Crippen LogP contribution in [0.4, 0.5) is 0 Å². The molecule has 8 heteroatoms. The first-order valence-electron chi connectivity index (χ1n) is 10.0. The van der Waals surface area contributed by atoms with E-state index in [4.69, 9.17) is 0 Å². The van der Waals surface area contributed by atoms with Crippen LogP contribution in [0.15, 0.2) is 21.0 Å². The van der Waals surface area contributed by atoms with Gasteiger partial charge in [0.25, 0.3) is 5.91 Å². The summed E-state index contributed by atoms with van der Waals surface area (Å²) in [5.74, 6) is -0.390. The second-order valence-corrected chi connectivity index (χ2v) is 11.6. The van der Waals surface area contributed by atoms with E-state index in [2.05, 4.69) is 20.1 Å². The number of rotatable bonds is 5. The molecule has 2 N–H and O–H groups in total. The lowest BCUT2D eigenvalue weighted by Gasteiger charge is -2.14. The molecule has 1 heterocycles. The van der Waals surface area contributed by atoms with Gasteiger partial charge in [-0.15, -0.1) is 15.7 Å². The van der Waals surface area contributed by atoms with Gasteiger partial charge in [-0.25, -0.2) is 13.9 Å². The smallest absolute Gasteiger partial charge is 0.259 e. The number of thiazole rings is 1. The number of carbonyl (C=O) groups excluding carboxylic acids is 1. The summed E-state index contributed by atoms with van der Waals surface area (Å²) in [5, 5.41) is 10.2. The van der Waals surface area contributed by atoms with Crippen LogP contribution in [0.25, 0.3) is 0 Å². The van der Waals surface area contributed by atoms with Gasteiger partial charge in [0.2, 0.25) is 4.34 Å². The molecule has 0 aliphatic heterocycles. The maximum absolute atomic E-state index is 13.3. The normalized spacial score (nSPS) is 17.7. The van der Waals surface area contributed by atoms with Crippen molar-refractivity contribution in [3.05, 3.63) is 45.0 Å². The number of aryl methyl sites for hydroxylation is 2. The van der Waals surface area contributed by atoms with Crippen molar-refractivity contribution in [3.8, 4) is 0 Å². The molecular weight excluding hydrogens is 406 g/mol. The summed E-state index contributed by atoms with van der Waals surface area (Å²) in [5.41, 5.74) is 5.40. The molecule has 1 atom stereocenters. The maximum atomic E-state index is 13.3. The molecule has 1 aromatic carbocycles. The van der Waals surface area contributed by atoms with E-state index in [0.29, 0.717) is 4.88 Å². The molecule has 1 unspecified atom stereocenters. The molecule has 0 spiro atoms. The fraction of sp³-hybridized carbons (Fsp3) is 0.524. The SMILES string of the molecule is CNS(=O)(=NC(=O)Cc1c2c(cc3c1CCC3)CCC2)c1ncc(C(C)(C)O)s1. The molecule has 1 aromatic heterocycles. The van der Waals surface area contributed by atoms with Gasteiger partial charge < -0.3 is 5.11 Å². The Labute approximate surface area is 176 Å². The minimum atomic E-state index is -3.17. The van der Waals surface area contributed by atoms with Gasteiger partial charge >= 0.3 is 0 Å². The van der Waals surface area contributed by atoms with Crippen molar-refractivity contribution in [3.63, 3.8) is 0 Å². The third kappa shape index (κ3) is 3.91. The monoisotopic (exact) mass is 433 g/mol. The van der Waals surface area contributed by atoms with Gasteiger partial charge in [0.15, 0.2) is 9.92 Å². The Hall–Kier alpha value is -1.61. The van der Waals surface area contributed by atoms with Crippen LogP contribution in [0.1, 0.15) is 59.4 Å². The Morgan fingerprint density at radius 3 is 2.38 bits per heavy atom. The van der Waals surface area contributed by atoms with Crippen LogP contribution in [-0.4, -0.2) is 27.3 Å². The lowest BCUT2D eigenvalue weighted by molar-refractivity contribution is -0.117. The molecule has 1 amide bonds. The first kappa shape index (κ1) is 20.7. The van der Waals surface area contributed by atoms with E-state index in [1.54, 1.807) is 13.8 Å². The fourth-order valence-corrected chi connectivity index (χ4v) is 6.94. The van der Waals surface area contributed by atoms with Crippen molar-refractivity contribution < 1.29 is 14.1 Å². The van der Waals surface area contributed by atoms with Crippen LogP contribution in [-0.2, 0) is 52.4 Å². The summed E-state index contributed by atoms with van der Waals surface area (Å²) in [6, 6.07) is 2.33. The predicted molar refractivity (Wildman–Crippen MR) is 114 cm³/mol. The minimum absolute atomic E-state index is 0.188. The number of hydrogen-bond donors (Lipinski definition) is 2. The number of nitrogens with one attached hydrogen (secondary N) is 1. The number of benzene rings is 1. The standard InChI is InChI=1S/C21H27N3O3S2/c1-21(2,26)18-12-23-20(28-18)29(27,22-3)24-19(25)11-17-15-8-4-6-13(15)10-14-7-5-9-16(14)17/h10,12,26H,4-9,11H2,1-3H3,(H,22,24,25,27). The van der Waals surface area contributed by atoms with Crippen LogP contribution in [0.2, 0.25) is 0 Å². The second kappa shape index (κ2) is 7.58. The number of fused-ring (bicyclic) bond motifs is 2. The van der Waals surface area contributed by atoms with E-state index in [-0.39, 0.29) is 10.8 Å². The lowest BCUT2D eigenvalue weighted by atomic mass is 9.92. The maximum Gasteiger partial charge on any atom is 0.259 e. The highest BCUT2D eigenvalue weighted by Crippen LogP contribution is 2.35. The summed E-state index contributed by atoms with van der Waals surface area (Å²) in [7, 11) is -1.65. The third-order valence-electron chi connectivity index (χ3n) is 5.76. The molecule has 0 saturated carbocycles. The molecule has 2 aromatic rings. The largest absolute Gasteiger partial charge is 0.385 e. The van der Waals surface area contributed by atoms with Crippen molar-refractivity contribution in [2.24, 2.45) is 4.36 Å². The molecule has 0 saturated heterocycles. The van der Waals surface area contributed by atoms with Gasteiger partial charge in [-0.05, 0) is 87.2 Å². The lowest BCUT2D eigenvalue weighted by Crippen LogP contribution is -2.21. The van der Waals surface area contributed by atoms with Crippen molar-refractivity contribution in [2.45, 2.75) is 68.7 Å². The third-order valence-corrected chi connectivity index (χ3v) is 9.38. The first-order valence-corrected chi connectivity index (χ1v) is 12.4. The molecule has 29 heavy (non-hydrogen) atoms. The number of amides is 1. The number of carbonyl (C=O) groups is 1. The van der Waals surface area contributed by atoms with Gasteiger partial charge in [-0.2, -0.15) is 0 Å². The Kier molecular flexibility index (Phi) is 5.40. The first-order chi connectivity index (χ1) is 13.7. The Morgan fingerprint density at radius 1 is 1.24 bits per heavy atom. The fourth-order valence-electron chi connectivity index (χ4n) is 4.32. The van der Waals surface area contributed by atoms with E-state index in [0.717, 1.165) is 55.4 Å². The highest BCUT2D eigenvalue weighted by molar-refractivity contribution is 7.93. The summed E-state index contributed by atoms with van der Waals surface area (Å²) >= 11 is 1.11. The zero-order valence-electron chi connectivity index (χ0n) is 17.1. The Morgan fingerprint density at radius 2 is 1.86 bits per heavy atom. The van der Waals surface area contributed by atoms with E-state index in [1.807, 2.05) is 0 Å². The van der Waals surface area contributed by atoms with Gasteiger partial charge in [0.05, 0.1) is 16.9 Å². The average Bonchev–Trinajstić information content (AvgIpc) is 3.40. The van der Waals surface area contributed by atoms with E-state index in [1.165, 1.54) is 35.5 Å². The number of aromatic nitrogens is 1. The van der Waals surface area contributed by atoms with Crippen molar-refractivity contribution in [1.29, 1.82) is 0 Å². The van der Waals surface area contributed by atoms with E-state index in [9.17, 15) is 14.1 Å². The summed E-state index contributed by atoms with van der Waals surface area (Å²) < 4.78 is 20.3. The van der Waals surface area contributed by atoms with Gasteiger partial charge in [-0.1, -0.05) is 6.07 Å². The van der Waals surface area contributed by atoms with Crippen LogP contribution in [0.5, 0.6) is 0 Å². The van der Waals surface area contributed by atoms with Crippen LogP contribution in [0, 0.1) is 0 Å². The highest BCUT2D eigenvalue weighted by atomic mass is 32.2. The van der Waals surface area contributed by atoms with Crippen LogP contribution in [0.3, 0.4) is 0 Å². The Balaban J connectivity index is 1.68. The average molecular weight is 434 g/mol. The molecular formula is C21H27N3O3S2. The predicted octanol–water partition coefficient (Wildman–Crippen LogP) is 3.08. The molecule has 0 bridgehead atoms. The zero-order valence-corrected chi connectivity index (χ0v) is 18.7. The topological polar surface area (TPSA) is 91.7 Å². The van der Waals surface area contributed by atoms with Crippen LogP contribution >= 0.6 is 11.3 Å². The van der Waals surface area contributed by atoms with E-state index < -0.39 is 21.4 Å². The van der Waals surface area contributed by atoms with Gasteiger partial charge in [0, 0.05) is 6.20 Å². The summed E-state index contributed by atoms with van der Waals surface area (Å²) in [6.45, 7) is 3.29. The second-order valence-electron chi connectivity index (χ2n) is 8.28. The van der Waals surface area contributed by atoms with Crippen LogP contribution < -0.4 is 4.72 Å². The van der Waals surface area contributed by atoms with Gasteiger partial charge in [0.1, 0.15) is 0 Å². The summed E-state index contributed by atoms with van der Waals surface area (Å²) in [4.78, 5) is 17.7. The summed E-state index contributed by atoms with van der Waals surface area (Å²) in [6.07, 6.45) is 8.11. The zero-order chi connectivity index (χ0) is 20.8. The molecule has 2 aliphatic rings. The molecule has 0 radical (unpaired) electrons. The minimum Gasteiger partial charge on any atom is -0.385 e. The molecule has 4 rings (SSSR count). The molecule has 6 nitrogen and oxygen atoms in total. The van der Waals surface area contributed by atoms with Crippen molar-refractivity contribution in [1.82, 2.24) is 9.71 Å². The Bertz CT molecular complexity index is 1060. The van der Waals surface area contributed by atoms with E-state index >= 15 is 0 Å². The van der Waals surface area contributed by atoms with Gasteiger partial charge in [-0.3, -0.25) is 4.79 Å². The van der Waals surface area contributed by atoms with Crippen molar-refractivity contribution in [2.75, 3.05) is 7.05 Å². The number of nitrogens with zero attached hydrogens (tertiary/aromatic N) is 2. The molecule has 0 fully saturated rings. The van der Waals surface area contributed by atoms with Crippen molar-refractivity contribution >= 4 is 27.2 Å². The molecule has 2 aliphatic carbocycles.